The maximum Gasteiger partial charge on any atom is 0.115 e. The molecule has 12 heavy (non-hydrogen) atoms. The Kier molecular flexibility index (Phi) is 4.83. The van der Waals surface area contributed by atoms with E-state index in [1.54, 1.807) is 7.05 Å². The lowest BCUT2D eigenvalue weighted by atomic mass is 9.94. The number of rotatable bonds is 3. The van der Waals surface area contributed by atoms with Gasteiger partial charge in [0.25, 0.3) is 0 Å². The fourth-order valence-electron chi connectivity index (χ4n) is 0.813. The van der Waals surface area contributed by atoms with Gasteiger partial charge in [-0.05, 0) is 13.8 Å². The highest BCUT2D eigenvalue weighted by Gasteiger charge is 2.03. The van der Waals surface area contributed by atoms with E-state index in [0.29, 0.717) is 10.5 Å². The molecule has 64 valence electrons. The van der Waals surface area contributed by atoms with E-state index < -0.39 is 0 Å². The number of hydrogen-bond acceptors (Lipinski definition) is 1. The lowest BCUT2D eigenvalue weighted by molar-refractivity contribution is 0.990. The number of halogens is 1. The third-order valence-corrected chi connectivity index (χ3v) is 1.85. The summed E-state index contributed by atoms with van der Waals surface area (Å²) in [6, 6.07) is 0. The summed E-state index contributed by atoms with van der Waals surface area (Å²) in [6.07, 6.45) is 1.53. The molecule has 3 heteroatoms. The third kappa shape index (κ3) is 2.78. The van der Waals surface area contributed by atoms with Crippen molar-refractivity contribution in [2.45, 2.75) is 13.8 Å². The van der Waals surface area contributed by atoms with Crippen molar-refractivity contribution in [1.29, 1.82) is 0 Å². The standard InChI is InChI=1S/C9H13BClN/c1-5-7(10)8(11)9(12-4)6(2)3/h5,12H,1H2,2-4H3/b8-7-. The van der Waals surface area contributed by atoms with Crippen LogP contribution >= 0.6 is 11.6 Å². The normalized spacial score (nSPS) is 11.7. The summed E-state index contributed by atoms with van der Waals surface area (Å²) in [6.45, 7) is 7.47. The van der Waals surface area contributed by atoms with Crippen molar-refractivity contribution >= 4 is 19.4 Å². The second-order valence-electron chi connectivity index (χ2n) is 2.60. The van der Waals surface area contributed by atoms with Crippen molar-refractivity contribution < 1.29 is 0 Å². The molecular weight excluding hydrogens is 168 g/mol. The highest BCUT2D eigenvalue weighted by atomic mass is 35.5. The molecule has 0 aromatic carbocycles. The van der Waals surface area contributed by atoms with Gasteiger partial charge < -0.3 is 5.32 Å². The Morgan fingerprint density at radius 3 is 2.25 bits per heavy atom. The van der Waals surface area contributed by atoms with Crippen molar-refractivity contribution in [3.63, 3.8) is 0 Å². The molecule has 0 atom stereocenters. The van der Waals surface area contributed by atoms with Gasteiger partial charge in [-0.2, -0.15) is 0 Å². The fraction of sp³-hybridized carbons (Fsp3) is 0.333. The predicted octanol–water partition coefficient (Wildman–Crippen LogP) is 2.30. The molecule has 0 aliphatic carbocycles. The smallest absolute Gasteiger partial charge is 0.115 e. The van der Waals surface area contributed by atoms with Gasteiger partial charge in [0.2, 0.25) is 0 Å². The van der Waals surface area contributed by atoms with Crippen LogP contribution in [0.25, 0.3) is 0 Å². The zero-order valence-electron chi connectivity index (χ0n) is 7.74. The van der Waals surface area contributed by atoms with Crippen molar-refractivity contribution in [2.24, 2.45) is 0 Å². The summed E-state index contributed by atoms with van der Waals surface area (Å²) < 4.78 is 0. The molecule has 0 aliphatic heterocycles. The number of allylic oxidation sites excluding steroid dienone is 4. The summed E-state index contributed by atoms with van der Waals surface area (Å²) in [5, 5.41) is 3.50. The Balaban J connectivity index is 5.03. The minimum absolute atomic E-state index is 0.488. The number of hydrogen-bond donors (Lipinski definition) is 1. The maximum atomic E-state index is 5.96. The van der Waals surface area contributed by atoms with Gasteiger partial charge >= 0.3 is 0 Å². The van der Waals surface area contributed by atoms with Gasteiger partial charge in [0.1, 0.15) is 7.85 Å². The van der Waals surface area contributed by atoms with Crippen LogP contribution in [-0.4, -0.2) is 14.9 Å². The zero-order valence-corrected chi connectivity index (χ0v) is 8.50. The van der Waals surface area contributed by atoms with E-state index in [4.69, 9.17) is 19.4 Å². The van der Waals surface area contributed by atoms with Gasteiger partial charge in [-0.25, -0.2) is 0 Å². The second kappa shape index (κ2) is 5.10. The first-order chi connectivity index (χ1) is 5.54. The molecular formula is C9H13BClN. The molecule has 0 bridgehead atoms. The van der Waals surface area contributed by atoms with Crippen molar-refractivity contribution in [3.8, 4) is 0 Å². The van der Waals surface area contributed by atoms with Crippen LogP contribution in [0.4, 0.5) is 0 Å². The molecule has 0 saturated heterocycles. The number of likely N-dealkylation sites (N-methyl/N-ethyl adjacent to an activating group) is 1. The van der Waals surface area contributed by atoms with Crippen LogP contribution in [0.15, 0.2) is 34.4 Å². The first-order valence-electron chi connectivity index (χ1n) is 3.67. The molecule has 0 unspecified atom stereocenters. The molecule has 0 fully saturated rings. The second-order valence-corrected chi connectivity index (χ2v) is 2.98. The summed E-state index contributed by atoms with van der Waals surface area (Å²) in [4.78, 5) is 0. The molecule has 0 spiro atoms. The minimum Gasteiger partial charge on any atom is -0.387 e. The Bertz CT molecular complexity index is 237. The van der Waals surface area contributed by atoms with Gasteiger partial charge in [0.15, 0.2) is 0 Å². The fourth-order valence-corrected chi connectivity index (χ4v) is 1.17. The highest BCUT2D eigenvalue weighted by molar-refractivity contribution is 6.38. The van der Waals surface area contributed by atoms with Gasteiger partial charge in [0.05, 0.1) is 10.7 Å². The first-order valence-corrected chi connectivity index (χ1v) is 4.05. The van der Waals surface area contributed by atoms with Crippen LogP contribution in [-0.2, 0) is 0 Å². The lowest BCUT2D eigenvalue weighted by Crippen LogP contribution is -2.09. The molecule has 1 N–H and O–H groups in total. The summed E-state index contributed by atoms with van der Waals surface area (Å²) in [5.74, 6) is 0. The Hall–Kier alpha value is -0.625. The van der Waals surface area contributed by atoms with E-state index in [-0.39, 0.29) is 0 Å². The average molecular weight is 181 g/mol. The number of nitrogens with one attached hydrogen (secondary N) is 1. The predicted molar refractivity (Wildman–Crippen MR) is 56.3 cm³/mol. The van der Waals surface area contributed by atoms with Gasteiger partial charge in [0, 0.05) is 7.05 Å². The van der Waals surface area contributed by atoms with E-state index in [9.17, 15) is 0 Å². The maximum absolute atomic E-state index is 5.96. The van der Waals surface area contributed by atoms with E-state index in [1.807, 2.05) is 13.8 Å². The zero-order chi connectivity index (χ0) is 9.72. The molecule has 0 aromatic heterocycles. The topological polar surface area (TPSA) is 12.0 Å². The van der Waals surface area contributed by atoms with Crippen LogP contribution in [0.2, 0.25) is 0 Å². The minimum atomic E-state index is 0.488. The van der Waals surface area contributed by atoms with E-state index in [2.05, 4.69) is 11.9 Å². The summed E-state index contributed by atoms with van der Waals surface area (Å²) >= 11 is 5.96. The van der Waals surface area contributed by atoms with E-state index >= 15 is 0 Å². The lowest BCUT2D eigenvalue weighted by Gasteiger charge is -2.09. The van der Waals surface area contributed by atoms with Crippen molar-refractivity contribution in [1.82, 2.24) is 5.32 Å². The van der Waals surface area contributed by atoms with Crippen LogP contribution in [0, 0.1) is 0 Å². The molecule has 2 radical (unpaired) electrons. The van der Waals surface area contributed by atoms with Gasteiger partial charge in [-0.1, -0.05) is 35.3 Å². The summed E-state index contributed by atoms with van der Waals surface area (Å²) in [7, 11) is 7.39. The molecule has 0 heterocycles. The third-order valence-electron chi connectivity index (χ3n) is 1.44. The van der Waals surface area contributed by atoms with Gasteiger partial charge in [-0.3, -0.25) is 0 Å². The van der Waals surface area contributed by atoms with Gasteiger partial charge in [-0.15, -0.1) is 0 Å². The SMILES string of the molecule is [B]/C(C=C)=C(\Cl)C(NC)=C(C)C. The molecule has 0 aromatic rings. The Labute approximate surface area is 80.6 Å². The quantitative estimate of drug-likeness (QED) is 0.520. The van der Waals surface area contributed by atoms with E-state index in [0.717, 1.165) is 11.3 Å². The highest BCUT2D eigenvalue weighted by Crippen LogP contribution is 2.18. The van der Waals surface area contributed by atoms with Crippen molar-refractivity contribution in [2.75, 3.05) is 7.05 Å². The molecule has 0 aliphatic rings. The van der Waals surface area contributed by atoms with Crippen LogP contribution < -0.4 is 5.32 Å². The molecule has 0 rings (SSSR count). The Morgan fingerprint density at radius 1 is 1.50 bits per heavy atom. The first kappa shape index (κ1) is 11.4. The van der Waals surface area contributed by atoms with Crippen molar-refractivity contribution in [3.05, 3.63) is 34.4 Å². The summed E-state index contributed by atoms with van der Waals surface area (Å²) in [5.41, 5.74) is 2.43. The molecule has 0 amide bonds. The average Bonchev–Trinajstić information content (AvgIpc) is 2.03. The van der Waals surface area contributed by atoms with E-state index in [1.165, 1.54) is 6.08 Å². The van der Waals surface area contributed by atoms with Crippen LogP contribution in [0.1, 0.15) is 13.8 Å². The Morgan fingerprint density at radius 2 is 2.00 bits per heavy atom. The van der Waals surface area contributed by atoms with Crippen LogP contribution in [0.3, 0.4) is 0 Å². The molecule has 0 saturated carbocycles. The molecule has 1 nitrogen and oxygen atoms in total. The van der Waals surface area contributed by atoms with Crippen LogP contribution in [0.5, 0.6) is 0 Å². The largest absolute Gasteiger partial charge is 0.387 e. The monoisotopic (exact) mass is 181 g/mol.